The third-order valence-electron chi connectivity index (χ3n) is 5.98. The number of aliphatic carboxylic acids is 1. The second kappa shape index (κ2) is 11.3. The lowest BCUT2D eigenvalue weighted by Crippen LogP contribution is -2.58. The highest BCUT2D eigenvalue weighted by Crippen LogP contribution is 2.34. The Labute approximate surface area is 207 Å². The van der Waals surface area contributed by atoms with Gasteiger partial charge in [0, 0.05) is 12.8 Å². The number of carbonyl (C=O) groups is 3. The second-order valence-corrected chi connectivity index (χ2v) is 8.75. The molecule has 10 nitrogen and oxygen atoms in total. The van der Waals surface area contributed by atoms with Crippen molar-refractivity contribution in [2.24, 2.45) is 0 Å². The van der Waals surface area contributed by atoms with Crippen molar-refractivity contribution in [3.8, 4) is 5.75 Å². The van der Waals surface area contributed by atoms with E-state index in [1.165, 1.54) is 30.3 Å². The molecule has 0 bridgehead atoms. The fraction of sp³-hybridized carbons (Fsp3) is 0.346. The summed E-state index contributed by atoms with van der Waals surface area (Å²) < 4.78 is 10.8. The van der Waals surface area contributed by atoms with Gasteiger partial charge in [0.2, 0.25) is 0 Å². The number of ether oxygens (including phenoxy) is 2. The third kappa shape index (κ3) is 6.28. The summed E-state index contributed by atoms with van der Waals surface area (Å²) in [4.78, 5) is 37.2. The normalized spacial score (nSPS) is 24.1. The summed E-state index contributed by atoms with van der Waals surface area (Å²) in [5.41, 5.74) is -1.17. The Morgan fingerprint density at radius 1 is 1.03 bits per heavy atom. The molecular weight excluding hydrogens is 472 g/mol. The van der Waals surface area contributed by atoms with E-state index < -0.39 is 54.7 Å². The van der Waals surface area contributed by atoms with E-state index in [-0.39, 0.29) is 29.9 Å². The van der Waals surface area contributed by atoms with Crippen LogP contribution in [0.5, 0.6) is 5.75 Å². The largest absolute Gasteiger partial charge is 0.508 e. The Bertz CT molecular complexity index is 1140. The first kappa shape index (κ1) is 26.9. The van der Waals surface area contributed by atoms with Gasteiger partial charge in [-0.15, -0.1) is 0 Å². The Morgan fingerprint density at radius 2 is 1.69 bits per heavy atom. The quantitative estimate of drug-likeness (QED) is 0.265. The van der Waals surface area contributed by atoms with Gasteiger partial charge in [-0.25, -0.2) is 14.4 Å². The van der Waals surface area contributed by atoms with Crippen LogP contribution in [0.4, 0.5) is 0 Å². The topological polar surface area (TPSA) is 171 Å². The summed E-state index contributed by atoms with van der Waals surface area (Å²) in [6.07, 6.45) is -3.91. The number of phenols is 1. The van der Waals surface area contributed by atoms with Gasteiger partial charge in [-0.05, 0) is 49.2 Å². The van der Waals surface area contributed by atoms with Crippen molar-refractivity contribution in [3.05, 3.63) is 76.9 Å². The summed E-state index contributed by atoms with van der Waals surface area (Å²) in [5, 5.41) is 49.8. The van der Waals surface area contributed by atoms with Gasteiger partial charge in [0.25, 0.3) is 0 Å². The molecule has 5 N–H and O–H groups in total. The smallest absolute Gasteiger partial charge is 0.338 e. The number of aliphatic hydroxyl groups is 3. The fourth-order valence-electron chi connectivity index (χ4n) is 3.88. The van der Waals surface area contributed by atoms with Crippen molar-refractivity contribution in [1.29, 1.82) is 0 Å². The van der Waals surface area contributed by atoms with E-state index in [0.717, 1.165) is 0 Å². The predicted molar refractivity (Wildman–Crippen MR) is 125 cm³/mol. The van der Waals surface area contributed by atoms with Crippen LogP contribution >= 0.6 is 0 Å². The standard InChI is InChI=1S/C26H28O10/c1-15(14-27)7-8-17-11-18(9-10-19(17)28)24(31)36-22-20(29)12-26(34,25(32)33)13-21(22)35-23(30)16-5-3-2-4-6-16/h2-7,9-11,20-22,27-29,34H,8,12-14H2,1H3,(H,32,33). The molecule has 4 unspecified atom stereocenters. The zero-order chi connectivity index (χ0) is 26.5. The molecule has 0 heterocycles. The summed E-state index contributed by atoms with van der Waals surface area (Å²) in [6, 6.07) is 11.8. The molecule has 0 aromatic heterocycles. The van der Waals surface area contributed by atoms with Gasteiger partial charge in [-0.2, -0.15) is 0 Å². The molecule has 1 saturated carbocycles. The first-order valence-corrected chi connectivity index (χ1v) is 11.2. The molecule has 0 radical (unpaired) electrons. The number of carboxylic acids is 1. The first-order valence-electron chi connectivity index (χ1n) is 11.2. The number of carbonyl (C=O) groups excluding carboxylic acids is 2. The molecule has 36 heavy (non-hydrogen) atoms. The van der Waals surface area contributed by atoms with Crippen molar-refractivity contribution in [1.82, 2.24) is 0 Å². The predicted octanol–water partition coefficient (Wildman–Crippen LogP) is 1.59. The van der Waals surface area contributed by atoms with Gasteiger partial charge in [0.15, 0.2) is 11.7 Å². The van der Waals surface area contributed by atoms with Crippen LogP contribution < -0.4 is 0 Å². The maximum atomic E-state index is 12.9. The van der Waals surface area contributed by atoms with E-state index in [0.29, 0.717) is 11.1 Å². The van der Waals surface area contributed by atoms with E-state index in [1.54, 1.807) is 31.2 Å². The number of benzene rings is 2. The SMILES string of the molecule is CC(=CCc1cc(C(=O)OC2C(O)CC(O)(C(=O)O)CC2OC(=O)c2ccccc2)ccc1O)CO. The minimum Gasteiger partial charge on any atom is -0.508 e. The zero-order valence-electron chi connectivity index (χ0n) is 19.5. The number of esters is 2. The molecule has 192 valence electrons. The molecule has 10 heteroatoms. The Balaban J connectivity index is 1.84. The highest BCUT2D eigenvalue weighted by molar-refractivity contribution is 5.91. The van der Waals surface area contributed by atoms with E-state index in [2.05, 4.69) is 0 Å². The highest BCUT2D eigenvalue weighted by atomic mass is 16.6. The van der Waals surface area contributed by atoms with E-state index in [9.17, 15) is 34.8 Å². The summed E-state index contributed by atoms with van der Waals surface area (Å²) >= 11 is 0. The van der Waals surface area contributed by atoms with Crippen LogP contribution in [0.25, 0.3) is 0 Å². The molecule has 1 aliphatic carbocycles. The first-order chi connectivity index (χ1) is 17.0. The molecule has 3 rings (SSSR count). The van der Waals surface area contributed by atoms with Crippen molar-refractivity contribution >= 4 is 17.9 Å². The van der Waals surface area contributed by atoms with Gasteiger partial charge >= 0.3 is 17.9 Å². The molecule has 4 atom stereocenters. The van der Waals surface area contributed by atoms with Gasteiger partial charge in [-0.1, -0.05) is 29.8 Å². The average molecular weight is 501 g/mol. The van der Waals surface area contributed by atoms with E-state index in [4.69, 9.17) is 14.6 Å². The van der Waals surface area contributed by atoms with Crippen molar-refractivity contribution < 1.29 is 49.4 Å². The molecule has 0 spiro atoms. The lowest BCUT2D eigenvalue weighted by atomic mass is 9.79. The number of allylic oxidation sites excluding steroid dienone is 1. The van der Waals surface area contributed by atoms with Crippen LogP contribution in [0.1, 0.15) is 46.0 Å². The molecule has 0 aliphatic heterocycles. The number of hydrogen-bond acceptors (Lipinski definition) is 9. The maximum absolute atomic E-state index is 12.9. The van der Waals surface area contributed by atoms with Crippen LogP contribution in [-0.2, 0) is 20.7 Å². The van der Waals surface area contributed by atoms with Gasteiger partial charge in [-0.3, -0.25) is 0 Å². The number of aromatic hydroxyl groups is 1. The van der Waals surface area contributed by atoms with Crippen LogP contribution in [0.15, 0.2) is 60.2 Å². The van der Waals surface area contributed by atoms with Crippen LogP contribution in [0, 0.1) is 0 Å². The third-order valence-corrected chi connectivity index (χ3v) is 5.98. The molecular formula is C26H28O10. The van der Waals surface area contributed by atoms with Crippen molar-refractivity contribution in [2.75, 3.05) is 6.61 Å². The number of phenolic OH excluding ortho intramolecular Hbond substituents is 1. The number of rotatable bonds is 8. The summed E-state index contributed by atoms with van der Waals surface area (Å²) in [5.74, 6) is -3.44. The molecule has 1 aliphatic rings. The minimum atomic E-state index is -2.40. The summed E-state index contributed by atoms with van der Waals surface area (Å²) in [6.45, 7) is 1.54. The highest BCUT2D eigenvalue weighted by Gasteiger charge is 2.52. The maximum Gasteiger partial charge on any atom is 0.338 e. The minimum absolute atomic E-state index is 0.0252. The van der Waals surface area contributed by atoms with Gasteiger partial charge in [0.05, 0.1) is 23.8 Å². The Hall–Kier alpha value is -3.73. The lowest BCUT2D eigenvalue weighted by molar-refractivity contribution is -0.187. The second-order valence-electron chi connectivity index (χ2n) is 8.75. The Morgan fingerprint density at radius 3 is 2.33 bits per heavy atom. The lowest BCUT2D eigenvalue weighted by Gasteiger charge is -2.40. The van der Waals surface area contributed by atoms with Gasteiger partial charge in [0.1, 0.15) is 11.9 Å². The van der Waals surface area contributed by atoms with E-state index in [1.807, 2.05) is 0 Å². The van der Waals surface area contributed by atoms with Gasteiger partial charge < -0.3 is 35.0 Å². The molecule has 0 saturated heterocycles. The van der Waals surface area contributed by atoms with Crippen LogP contribution in [0.2, 0.25) is 0 Å². The van der Waals surface area contributed by atoms with Crippen molar-refractivity contribution in [2.45, 2.75) is 50.1 Å². The summed E-state index contributed by atoms with van der Waals surface area (Å²) in [7, 11) is 0. The molecule has 2 aromatic carbocycles. The number of aliphatic hydroxyl groups excluding tert-OH is 2. The fourth-order valence-corrected chi connectivity index (χ4v) is 3.88. The van der Waals surface area contributed by atoms with Crippen LogP contribution in [0.3, 0.4) is 0 Å². The van der Waals surface area contributed by atoms with Crippen molar-refractivity contribution in [3.63, 3.8) is 0 Å². The van der Waals surface area contributed by atoms with Crippen LogP contribution in [-0.4, -0.2) is 74.0 Å². The number of hydrogen-bond donors (Lipinski definition) is 5. The average Bonchev–Trinajstić information content (AvgIpc) is 2.85. The monoisotopic (exact) mass is 500 g/mol. The molecule has 1 fully saturated rings. The molecule has 2 aromatic rings. The Kier molecular flexibility index (Phi) is 8.46. The van der Waals surface area contributed by atoms with E-state index >= 15 is 0 Å². The zero-order valence-corrected chi connectivity index (χ0v) is 19.5. The molecule has 0 amide bonds. The number of carboxylic acid groups (broad SMARTS) is 1.